The number of nitrogens with zero attached hydrogens (tertiary/aromatic N) is 4. The van der Waals surface area contributed by atoms with Crippen LogP contribution in [0.5, 0.6) is 5.88 Å². The molecule has 0 aliphatic heterocycles. The second-order valence-electron chi connectivity index (χ2n) is 5.49. The second-order valence-corrected chi connectivity index (χ2v) is 6.50. The maximum absolute atomic E-state index is 10.6. The molecule has 0 aliphatic carbocycles. The number of aromatic hydroxyl groups is 1. The van der Waals surface area contributed by atoms with Crippen LogP contribution in [0.2, 0.25) is 0 Å². The Bertz CT molecular complexity index is 811. The Morgan fingerprint density at radius 2 is 1.92 bits per heavy atom. The highest BCUT2D eigenvalue weighted by atomic mass is 32.1. The van der Waals surface area contributed by atoms with Gasteiger partial charge in [-0.05, 0) is 18.1 Å². The minimum atomic E-state index is -0.293. The van der Waals surface area contributed by atoms with E-state index in [4.69, 9.17) is 0 Å². The Morgan fingerprint density at radius 1 is 1.21 bits per heavy atom. The summed E-state index contributed by atoms with van der Waals surface area (Å²) in [6.45, 7) is 2.69. The molecule has 0 aliphatic rings. The molecule has 0 saturated carbocycles. The van der Waals surface area contributed by atoms with E-state index in [1.165, 1.54) is 22.2 Å². The average Bonchev–Trinajstić information content (AvgIpc) is 3.14. The number of hydrogen-bond donors (Lipinski definition) is 3. The van der Waals surface area contributed by atoms with Crippen molar-refractivity contribution >= 4 is 16.3 Å². The molecule has 3 N–H and O–H groups in total. The van der Waals surface area contributed by atoms with Gasteiger partial charge in [-0.1, -0.05) is 35.6 Å². The van der Waals surface area contributed by atoms with Crippen molar-refractivity contribution in [2.75, 3.05) is 26.3 Å². The number of thiazole rings is 1. The highest BCUT2D eigenvalue weighted by Gasteiger charge is 2.29. The molecule has 128 valence electrons. The van der Waals surface area contributed by atoms with E-state index in [2.05, 4.69) is 10.1 Å². The van der Waals surface area contributed by atoms with Crippen LogP contribution in [0.15, 0.2) is 30.6 Å². The zero-order valence-electron chi connectivity index (χ0n) is 13.3. The Hall–Kier alpha value is -2.00. The molecule has 3 aromatic rings. The third-order valence-corrected chi connectivity index (χ3v) is 5.10. The molecule has 0 radical (unpaired) electrons. The minimum absolute atomic E-state index is 0.0378. The van der Waals surface area contributed by atoms with Crippen molar-refractivity contribution in [3.05, 3.63) is 46.6 Å². The van der Waals surface area contributed by atoms with E-state index in [9.17, 15) is 15.3 Å². The van der Waals surface area contributed by atoms with E-state index in [0.717, 1.165) is 11.1 Å². The summed E-state index contributed by atoms with van der Waals surface area (Å²) in [5.74, 6) is 0.0432. The lowest BCUT2D eigenvalue weighted by molar-refractivity contribution is 0.136. The number of benzene rings is 1. The van der Waals surface area contributed by atoms with Crippen LogP contribution in [-0.4, -0.2) is 61.1 Å². The molecule has 3 rings (SSSR count). The predicted octanol–water partition coefficient (Wildman–Crippen LogP) is 1.18. The molecule has 1 atom stereocenters. The summed E-state index contributed by atoms with van der Waals surface area (Å²) in [5, 5.41) is 33.5. The van der Waals surface area contributed by atoms with E-state index in [1.54, 1.807) is 0 Å². The van der Waals surface area contributed by atoms with Gasteiger partial charge in [-0.2, -0.15) is 9.61 Å². The van der Waals surface area contributed by atoms with Gasteiger partial charge in [-0.3, -0.25) is 4.90 Å². The van der Waals surface area contributed by atoms with Gasteiger partial charge in [0.15, 0.2) is 0 Å². The Morgan fingerprint density at radius 3 is 2.54 bits per heavy atom. The van der Waals surface area contributed by atoms with E-state index in [-0.39, 0.29) is 25.1 Å². The molecule has 2 heterocycles. The summed E-state index contributed by atoms with van der Waals surface area (Å²) in [6, 6.07) is 7.61. The van der Waals surface area contributed by atoms with E-state index >= 15 is 0 Å². The lowest BCUT2D eigenvalue weighted by Crippen LogP contribution is -2.34. The first-order valence-electron chi connectivity index (χ1n) is 7.70. The third kappa shape index (κ3) is 3.01. The summed E-state index contributed by atoms with van der Waals surface area (Å²) in [6.07, 6.45) is 1.40. The zero-order valence-corrected chi connectivity index (χ0v) is 14.1. The van der Waals surface area contributed by atoms with Gasteiger partial charge in [0.05, 0.1) is 24.1 Å². The predicted molar refractivity (Wildman–Crippen MR) is 91.3 cm³/mol. The zero-order chi connectivity index (χ0) is 17.1. The fourth-order valence-corrected chi connectivity index (χ4v) is 3.98. The van der Waals surface area contributed by atoms with Crippen molar-refractivity contribution in [2.24, 2.45) is 0 Å². The Labute approximate surface area is 143 Å². The van der Waals surface area contributed by atoms with Crippen molar-refractivity contribution in [1.82, 2.24) is 19.5 Å². The first-order valence-corrected chi connectivity index (χ1v) is 8.51. The molecule has 8 heteroatoms. The van der Waals surface area contributed by atoms with Crippen molar-refractivity contribution in [2.45, 2.75) is 13.0 Å². The topological polar surface area (TPSA) is 94.1 Å². The molecular formula is C16H20N4O3S. The summed E-state index contributed by atoms with van der Waals surface area (Å²) in [5.41, 5.74) is 2.08. The van der Waals surface area contributed by atoms with Gasteiger partial charge in [0.25, 0.3) is 0 Å². The molecule has 0 bridgehead atoms. The average molecular weight is 348 g/mol. The highest BCUT2D eigenvalue weighted by Crippen LogP contribution is 2.40. The SMILES string of the molecule is Cc1ccccc1C(c1sc2ncnn2c1O)N(CCO)CCO. The molecule has 0 spiro atoms. The number of aliphatic hydroxyl groups excluding tert-OH is 2. The lowest BCUT2D eigenvalue weighted by Gasteiger charge is -2.31. The van der Waals surface area contributed by atoms with Gasteiger partial charge in [0.1, 0.15) is 6.33 Å². The van der Waals surface area contributed by atoms with Crippen molar-refractivity contribution in [3.63, 3.8) is 0 Å². The van der Waals surface area contributed by atoms with Crippen LogP contribution in [0.3, 0.4) is 0 Å². The smallest absolute Gasteiger partial charge is 0.230 e. The number of aliphatic hydroxyl groups is 2. The quantitative estimate of drug-likeness (QED) is 0.594. The summed E-state index contributed by atoms with van der Waals surface area (Å²) in [4.78, 5) is 7.40. The second kappa shape index (κ2) is 7.27. The lowest BCUT2D eigenvalue weighted by atomic mass is 9.98. The first kappa shape index (κ1) is 16.8. The fourth-order valence-electron chi connectivity index (χ4n) is 2.90. The van der Waals surface area contributed by atoms with Crippen LogP contribution >= 0.6 is 11.3 Å². The summed E-state index contributed by atoms with van der Waals surface area (Å²) < 4.78 is 1.40. The van der Waals surface area contributed by atoms with E-state index in [0.29, 0.717) is 22.9 Å². The van der Waals surface area contributed by atoms with Crippen LogP contribution in [0.25, 0.3) is 4.96 Å². The van der Waals surface area contributed by atoms with Crippen molar-refractivity contribution in [1.29, 1.82) is 0 Å². The molecular weight excluding hydrogens is 328 g/mol. The van der Waals surface area contributed by atoms with Crippen LogP contribution < -0.4 is 0 Å². The largest absolute Gasteiger partial charge is 0.492 e. The molecule has 2 aromatic heterocycles. The van der Waals surface area contributed by atoms with Crippen molar-refractivity contribution in [3.8, 4) is 5.88 Å². The van der Waals surface area contributed by atoms with Gasteiger partial charge >= 0.3 is 0 Å². The van der Waals surface area contributed by atoms with Gasteiger partial charge in [0, 0.05) is 13.1 Å². The van der Waals surface area contributed by atoms with Gasteiger partial charge in [-0.15, -0.1) is 0 Å². The number of aryl methyl sites for hydroxylation is 1. The number of aromatic nitrogens is 3. The number of hydrogen-bond acceptors (Lipinski definition) is 7. The summed E-state index contributed by atoms with van der Waals surface area (Å²) >= 11 is 1.36. The molecule has 0 fully saturated rings. The fraction of sp³-hybridized carbons (Fsp3) is 0.375. The molecule has 0 saturated heterocycles. The number of fused-ring (bicyclic) bond motifs is 1. The molecule has 1 unspecified atom stereocenters. The van der Waals surface area contributed by atoms with Crippen LogP contribution in [0.4, 0.5) is 0 Å². The van der Waals surface area contributed by atoms with Crippen LogP contribution in [-0.2, 0) is 0 Å². The Kier molecular flexibility index (Phi) is 5.10. The third-order valence-electron chi connectivity index (χ3n) is 4.01. The molecule has 7 nitrogen and oxygen atoms in total. The van der Waals surface area contributed by atoms with Gasteiger partial charge < -0.3 is 15.3 Å². The van der Waals surface area contributed by atoms with Gasteiger partial charge in [-0.25, -0.2) is 4.98 Å². The Balaban J connectivity index is 2.15. The van der Waals surface area contributed by atoms with Gasteiger partial charge in [0.2, 0.25) is 10.8 Å². The first-order chi connectivity index (χ1) is 11.7. The van der Waals surface area contributed by atoms with E-state index < -0.39 is 0 Å². The van der Waals surface area contributed by atoms with Crippen LogP contribution in [0, 0.1) is 6.92 Å². The van der Waals surface area contributed by atoms with E-state index in [1.807, 2.05) is 36.1 Å². The monoisotopic (exact) mass is 348 g/mol. The maximum Gasteiger partial charge on any atom is 0.230 e. The summed E-state index contributed by atoms with van der Waals surface area (Å²) in [7, 11) is 0. The minimum Gasteiger partial charge on any atom is -0.492 e. The molecule has 1 aromatic carbocycles. The number of rotatable bonds is 7. The highest BCUT2D eigenvalue weighted by molar-refractivity contribution is 7.17. The maximum atomic E-state index is 10.6. The normalized spacial score (nSPS) is 13.0. The molecule has 0 amide bonds. The van der Waals surface area contributed by atoms with Crippen molar-refractivity contribution < 1.29 is 15.3 Å². The van der Waals surface area contributed by atoms with Crippen LogP contribution in [0.1, 0.15) is 22.0 Å². The molecule has 24 heavy (non-hydrogen) atoms. The standard InChI is InChI=1S/C16H20N4O3S/c1-11-4-2-3-5-12(11)13(19(6-8-21)7-9-22)14-15(23)20-16(24-14)17-10-18-20/h2-5,10,13,21-23H,6-9H2,1H3.